The molecule has 0 radical (unpaired) electrons. The van der Waals surface area contributed by atoms with Crippen molar-refractivity contribution in [2.24, 2.45) is 0 Å². The van der Waals surface area contributed by atoms with Crippen molar-refractivity contribution in [3.63, 3.8) is 0 Å². The number of nitrogen functional groups attached to an aromatic ring is 8. The number of aryl methyl sites for hydroxylation is 1. The Kier molecular flexibility index (Phi) is 3.68. The molecule has 2 aromatic carbocycles. The number of hydrogen-bond donors (Lipinski definition) is 8. The highest BCUT2D eigenvalue weighted by atomic mass is 14.8. The highest BCUT2D eigenvalue weighted by Crippen LogP contribution is 2.35. The molecular formula is C14H22N8. The molecule has 118 valence electrons. The summed E-state index contributed by atoms with van der Waals surface area (Å²) in [6.07, 6.45) is 1.06. The van der Waals surface area contributed by atoms with Crippen LogP contribution in [0.5, 0.6) is 0 Å². The monoisotopic (exact) mass is 302 g/mol. The molecule has 0 fully saturated rings. The average molecular weight is 302 g/mol. The van der Waals surface area contributed by atoms with E-state index in [1.807, 2.05) is 0 Å². The third-order valence-corrected chi connectivity index (χ3v) is 3.80. The van der Waals surface area contributed by atoms with Crippen LogP contribution >= 0.6 is 0 Å². The summed E-state index contributed by atoms with van der Waals surface area (Å²) in [6.45, 7) is 0. The summed E-state index contributed by atoms with van der Waals surface area (Å²) >= 11 is 0. The number of hydrogen-bond acceptors (Lipinski definition) is 8. The predicted molar refractivity (Wildman–Crippen MR) is 95.6 cm³/mol. The van der Waals surface area contributed by atoms with E-state index in [9.17, 15) is 0 Å². The molecule has 0 saturated heterocycles. The summed E-state index contributed by atoms with van der Waals surface area (Å²) < 4.78 is 0. The molecule has 8 nitrogen and oxygen atoms in total. The van der Waals surface area contributed by atoms with Crippen LogP contribution < -0.4 is 45.9 Å². The third kappa shape index (κ3) is 2.41. The molecule has 0 bridgehead atoms. The smallest absolute Gasteiger partial charge is 0.0805 e. The molecule has 2 aromatic rings. The van der Waals surface area contributed by atoms with E-state index in [1.54, 1.807) is 12.1 Å². The lowest BCUT2D eigenvalue weighted by Crippen LogP contribution is -2.10. The van der Waals surface area contributed by atoms with Gasteiger partial charge in [-0.05, 0) is 30.5 Å². The Balaban J connectivity index is 2.34. The summed E-state index contributed by atoms with van der Waals surface area (Å²) in [5, 5.41) is 0. The number of rotatable bonds is 3. The van der Waals surface area contributed by atoms with Gasteiger partial charge in [-0.2, -0.15) is 0 Å². The summed E-state index contributed by atoms with van der Waals surface area (Å²) in [4.78, 5) is 0. The first kappa shape index (κ1) is 15.2. The molecule has 0 heterocycles. The van der Waals surface area contributed by atoms with Crippen molar-refractivity contribution >= 4 is 45.5 Å². The molecular weight excluding hydrogens is 280 g/mol. The molecule has 0 unspecified atom stereocenters. The fraction of sp³-hybridized carbons (Fsp3) is 0.143. The highest BCUT2D eigenvalue weighted by molar-refractivity contribution is 5.88. The van der Waals surface area contributed by atoms with Crippen molar-refractivity contribution in [1.82, 2.24) is 0 Å². The maximum absolute atomic E-state index is 5.98. The van der Waals surface area contributed by atoms with E-state index >= 15 is 0 Å². The molecule has 0 aliphatic carbocycles. The van der Waals surface area contributed by atoms with E-state index in [0.717, 1.165) is 11.1 Å². The second-order valence-corrected chi connectivity index (χ2v) is 5.23. The summed E-state index contributed by atoms with van der Waals surface area (Å²) in [5.41, 5.74) is 51.3. The minimum Gasteiger partial charge on any atom is -0.398 e. The Morgan fingerprint density at radius 1 is 0.500 bits per heavy atom. The van der Waals surface area contributed by atoms with Crippen LogP contribution in [0.25, 0.3) is 0 Å². The van der Waals surface area contributed by atoms with Gasteiger partial charge in [0, 0.05) is 11.3 Å². The average Bonchev–Trinajstić information content (AvgIpc) is 2.47. The fourth-order valence-electron chi connectivity index (χ4n) is 2.37. The first-order valence-corrected chi connectivity index (χ1v) is 6.67. The van der Waals surface area contributed by atoms with E-state index in [-0.39, 0.29) is 11.4 Å². The summed E-state index contributed by atoms with van der Waals surface area (Å²) in [5.74, 6) is 0. The predicted octanol–water partition coefficient (Wildman–Crippen LogP) is 0.129. The zero-order valence-electron chi connectivity index (χ0n) is 12.2. The molecule has 0 saturated carbocycles. The van der Waals surface area contributed by atoms with Crippen LogP contribution in [0.15, 0.2) is 12.1 Å². The lowest BCUT2D eigenvalue weighted by Gasteiger charge is -2.16. The van der Waals surface area contributed by atoms with Gasteiger partial charge in [-0.3, -0.25) is 0 Å². The Morgan fingerprint density at radius 2 is 1.05 bits per heavy atom. The quantitative estimate of drug-likeness (QED) is 0.364. The molecule has 0 amide bonds. The normalized spacial score (nSPS) is 10.7. The minimum atomic E-state index is 0.285. The van der Waals surface area contributed by atoms with Crippen LogP contribution in [0.2, 0.25) is 0 Å². The molecule has 0 aromatic heterocycles. The van der Waals surface area contributed by atoms with Gasteiger partial charge in [0.15, 0.2) is 0 Å². The van der Waals surface area contributed by atoms with Crippen molar-refractivity contribution in [3.05, 3.63) is 23.3 Å². The van der Waals surface area contributed by atoms with Crippen molar-refractivity contribution in [3.8, 4) is 0 Å². The lowest BCUT2D eigenvalue weighted by atomic mass is 9.97. The lowest BCUT2D eigenvalue weighted by molar-refractivity contribution is 0.970. The number of benzene rings is 2. The van der Waals surface area contributed by atoms with E-state index in [0.29, 0.717) is 47.0 Å². The van der Waals surface area contributed by atoms with Gasteiger partial charge < -0.3 is 45.9 Å². The molecule has 22 heavy (non-hydrogen) atoms. The second-order valence-electron chi connectivity index (χ2n) is 5.23. The van der Waals surface area contributed by atoms with Crippen molar-refractivity contribution in [2.45, 2.75) is 12.8 Å². The molecule has 0 aliphatic rings. The van der Waals surface area contributed by atoms with Gasteiger partial charge in [-0.25, -0.2) is 0 Å². The van der Waals surface area contributed by atoms with Gasteiger partial charge in [0.1, 0.15) is 0 Å². The first-order valence-electron chi connectivity index (χ1n) is 6.67. The second kappa shape index (κ2) is 5.32. The van der Waals surface area contributed by atoms with Crippen LogP contribution in [0.4, 0.5) is 45.5 Å². The van der Waals surface area contributed by atoms with E-state index in [1.165, 1.54) is 0 Å². The number of anilines is 8. The van der Waals surface area contributed by atoms with Crippen molar-refractivity contribution in [1.29, 1.82) is 0 Å². The molecule has 8 heteroatoms. The van der Waals surface area contributed by atoms with Crippen LogP contribution in [0, 0.1) is 0 Å². The highest BCUT2D eigenvalue weighted by Gasteiger charge is 2.14. The number of nitrogens with two attached hydrogens (primary N) is 8. The SMILES string of the molecule is Nc1cc(CCc2c(N)cc(N)c(N)c2N)c(N)c(N)c1N. The standard InChI is InChI=1S/C14H22N8/c15-7-4-9(17)12(20)11(19)6(7)2-1-5-3-8(16)13(21)14(22)10(5)18/h3-4H,1-2,15-22H2. The van der Waals surface area contributed by atoms with Crippen LogP contribution in [0.1, 0.15) is 11.1 Å². The fourth-order valence-corrected chi connectivity index (χ4v) is 2.37. The molecule has 0 aliphatic heterocycles. The van der Waals surface area contributed by atoms with E-state index in [4.69, 9.17) is 45.9 Å². The van der Waals surface area contributed by atoms with E-state index < -0.39 is 0 Å². The van der Waals surface area contributed by atoms with Gasteiger partial charge in [0.25, 0.3) is 0 Å². The van der Waals surface area contributed by atoms with Crippen molar-refractivity contribution < 1.29 is 0 Å². The van der Waals surface area contributed by atoms with Crippen LogP contribution in [0.3, 0.4) is 0 Å². The van der Waals surface area contributed by atoms with Crippen LogP contribution in [-0.2, 0) is 12.8 Å². The van der Waals surface area contributed by atoms with Gasteiger partial charge in [-0.15, -0.1) is 0 Å². The molecule has 0 atom stereocenters. The molecule has 16 N–H and O–H groups in total. The van der Waals surface area contributed by atoms with E-state index in [2.05, 4.69) is 0 Å². The van der Waals surface area contributed by atoms with Gasteiger partial charge in [0.05, 0.1) is 39.8 Å². The van der Waals surface area contributed by atoms with Gasteiger partial charge in [0.2, 0.25) is 0 Å². The Labute approximate surface area is 128 Å². The Hall–Kier alpha value is -3.16. The summed E-state index contributed by atoms with van der Waals surface area (Å²) in [6, 6.07) is 3.30. The van der Waals surface area contributed by atoms with Gasteiger partial charge >= 0.3 is 0 Å². The van der Waals surface area contributed by atoms with Gasteiger partial charge in [-0.1, -0.05) is 0 Å². The molecule has 2 rings (SSSR count). The molecule has 0 spiro atoms. The van der Waals surface area contributed by atoms with Crippen LogP contribution in [-0.4, -0.2) is 0 Å². The third-order valence-electron chi connectivity index (χ3n) is 3.80. The Morgan fingerprint density at radius 3 is 1.68 bits per heavy atom. The zero-order valence-corrected chi connectivity index (χ0v) is 12.2. The summed E-state index contributed by atoms with van der Waals surface area (Å²) in [7, 11) is 0. The zero-order chi connectivity index (χ0) is 16.6. The first-order chi connectivity index (χ1) is 10.2. The topological polar surface area (TPSA) is 208 Å². The largest absolute Gasteiger partial charge is 0.398 e. The minimum absolute atomic E-state index is 0.285. The Bertz CT molecular complexity index is 739. The maximum Gasteiger partial charge on any atom is 0.0805 e. The maximum atomic E-state index is 5.98. The van der Waals surface area contributed by atoms with Crippen molar-refractivity contribution in [2.75, 3.05) is 45.9 Å².